The van der Waals surface area contributed by atoms with Crippen LogP contribution < -0.4 is 5.43 Å². The van der Waals surface area contributed by atoms with Crippen molar-refractivity contribution < 1.29 is 14.7 Å². The average molecular weight is 439 g/mol. The van der Waals surface area contributed by atoms with Crippen molar-refractivity contribution in [3.8, 4) is 0 Å². The van der Waals surface area contributed by atoms with Gasteiger partial charge in [0.15, 0.2) is 11.2 Å². The Hall–Kier alpha value is -4.09. The van der Waals surface area contributed by atoms with E-state index in [9.17, 15) is 14.4 Å². The Labute approximate surface area is 188 Å². The molecule has 1 heterocycles. The van der Waals surface area contributed by atoms with E-state index in [1.54, 1.807) is 53.8 Å². The molecular weight excluding hydrogens is 420 g/mol. The summed E-state index contributed by atoms with van der Waals surface area (Å²) >= 11 is 1.67. The topological polar surface area (TPSA) is 71.4 Å². The Balaban J connectivity index is 0.000000154. The van der Waals surface area contributed by atoms with Gasteiger partial charge in [-0.2, -0.15) is 0 Å². The maximum atomic E-state index is 12.1. The maximum Gasteiger partial charge on any atom is 0.336 e. The van der Waals surface area contributed by atoms with Crippen LogP contribution in [0.5, 0.6) is 0 Å². The third-order valence-corrected chi connectivity index (χ3v) is 6.07. The number of carbonyl (C=O) groups is 2. The van der Waals surface area contributed by atoms with E-state index >= 15 is 0 Å². The van der Waals surface area contributed by atoms with E-state index in [1.807, 2.05) is 48.5 Å². The molecule has 0 spiro atoms. The van der Waals surface area contributed by atoms with E-state index in [0.29, 0.717) is 5.56 Å². The van der Waals surface area contributed by atoms with Gasteiger partial charge < -0.3 is 5.11 Å². The van der Waals surface area contributed by atoms with Gasteiger partial charge in [0.05, 0.1) is 5.56 Å². The van der Waals surface area contributed by atoms with Gasteiger partial charge in [0.1, 0.15) is 0 Å². The Morgan fingerprint density at radius 3 is 1.62 bits per heavy atom. The molecule has 5 rings (SSSR count). The minimum atomic E-state index is -1.09. The first-order valence-corrected chi connectivity index (χ1v) is 10.7. The lowest BCUT2D eigenvalue weighted by molar-refractivity contribution is 0.0693. The summed E-state index contributed by atoms with van der Waals surface area (Å²) in [4.78, 5) is 35.2. The van der Waals surface area contributed by atoms with Gasteiger partial charge in [-0.15, -0.1) is 11.3 Å². The van der Waals surface area contributed by atoms with Crippen LogP contribution in [0.25, 0.3) is 20.2 Å². The van der Waals surface area contributed by atoms with Crippen LogP contribution in [0.1, 0.15) is 26.3 Å². The summed E-state index contributed by atoms with van der Waals surface area (Å²) in [6.07, 6.45) is 0. The van der Waals surface area contributed by atoms with Crippen LogP contribution in [0, 0.1) is 0 Å². The fraction of sp³-hybridized carbons (Fsp3) is 0. The molecule has 0 fully saturated rings. The molecule has 0 saturated carbocycles. The number of fused-ring (bicyclic) bond motifs is 2. The molecule has 1 N–H and O–H groups in total. The number of carboxylic acids is 1. The van der Waals surface area contributed by atoms with E-state index < -0.39 is 5.97 Å². The number of ketones is 1. The van der Waals surface area contributed by atoms with Crippen LogP contribution in [-0.4, -0.2) is 16.9 Å². The van der Waals surface area contributed by atoms with Gasteiger partial charge >= 0.3 is 5.97 Å². The fourth-order valence-corrected chi connectivity index (χ4v) is 4.43. The monoisotopic (exact) mass is 438 g/mol. The molecule has 0 amide bonds. The van der Waals surface area contributed by atoms with Gasteiger partial charge in [-0.1, -0.05) is 72.8 Å². The normalized spacial score (nSPS) is 10.4. The molecule has 0 radical (unpaired) electrons. The SMILES string of the molecule is O=C(O)c1ccccc1C(=O)c1ccccc1.O=c1c2ccccc2sc2ccccc12. The Kier molecular flexibility index (Phi) is 6.19. The summed E-state index contributed by atoms with van der Waals surface area (Å²) in [7, 11) is 0. The lowest BCUT2D eigenvalue weighted by atomic mass is 9.98. The second-order valence-electron chi connectivity index (χ2n) is 6.97. The largest absolute Gasteiger partial charge is 0.478 e. The van der Waals surface area contributed by atoms with Crippen LogP contribution in [0.3, 0.4) is 0 Å². The second kappa shape index (κ2) is 9.37. The summed E-state index contributed by atoms with van der Waals surface area (Å²) in [5.41, 5.74) is 0.869. The Morgan fingerprint density at radius 1 is 0.594 bits per heavy atom. The fourth-order valence-electron chi connectivity index (χ4n) is 3.36. The molecule has 1 aromatic heterocycles. The molecule has 0 unspecified atom stereocenters. The van der Waals surface area contributed by atoms with Gasteiger partial charge in [0.25, 0.3) is 0 Å². The van der Waals surface area contributed by atoms with Crippen molar-refractivity contribution in [2.75, 3.05) is 0 Å². The van der Waals surface area contributed by atoms with Gasteiger partial charge in [0, 0.05) is 31.3 Å². The maximum absolute atomic E-state index is 12.1. The van der Waals surface area contributed by atoms with Crippen LogP contribution in [0.2, 0.25) is 0 Å². The number of benzene rings is 4. The first-order chi connectivity index (χ1) is 15.6. The summed E-state index contributed by atoms with van der Waals surface area (Å²) in [6, 6.07) is 30.4. The minimum Gasteiger partial charge on any atom is -0.478 e. The summed E-state index contributed by atoms with van der Waals surface area (Å²) < 4.78 is 2.11. The third kappa shape index (κ3) is 4.33. The molecule has 32 heavy (non-hydrogen) atoms. The average Bonchev–Trinajstić information content (AvgIpc) is 2.85. The molecular formula is C27H18O4S. The highest BCUT2D eigenvalue weighted by molar-refractivity contribution is 7.24. The van der Waals surface area contributed by atoms with E-state index in [4.69, 9.17) is 5.11 Å². The number of carbonyl (C=O) groups excluding carboxylic acids is 1. The first kappa shape index (κ1) is 21.2. The summed E-state index contributed by atoms with van der Waals surface area (Å²) in [5, 5.41) is 10.7. The predicted molar refractivity (Wildman–Crippen MR) is 129 cm³/mol. The minimum absolute atomic E-state index is 0.0290. The molecule has 0 aliphatic heterocycles. The highest BCUT2D eigenvalue weighted by atomic mass is 32.1. The van der Waals surface area contributed by atoms with Gasteiger partial charge in [-0.05, 0) is 30.3 Å². The van der Waals surface area contributed by atoms with Gasteiger partial charge in [-0.25, -0.2) is 4.79 Å². The second-order valence-corrected chi connectivity index (χ2v) is 8.05. The molecule has 156 valence electrons. The van der Waals surface area contributed by atoms with Crippen molar-refractivity contribution in [3.63, 3.8) is 0 Å². The third-order valence-electron chi connectivity index (χ3n) is 4.92. The zero-order chi connectivity index (χ0) is 22.5. The van der Waals surface area contributed by atoms with E-state index in [0.717, 1.165) is 20.2 Å². The molecule has 0 atom stereocenters. The summed E-state index contributed by atoms with van der Waals surface area (Å²) in [5.74, 6) is -1.37. The van der Waals surface area contributed by atoms with E-state index in [1.165, 1.54) is 12.1 Å². The molecule has 0 bridgehead atoms. The molecule has 5 aromatic rings. The molecule has 0 saturated heterocycles. The number of hydrogen-bond acceptors (Lipinski definition) is 4. The first-order valence-electron chi connectivity index (χ1n) is 9.89. The van der Waals surface area contributed by atoms with Crippen LogP contribution >= 0.6 is 11.3 Å². The van der Waals surface area contributed by atoms with E-state index in [2.05, 4.69) is 0 Å². The van der Waals surface area contributed by atoms with Crippen LogP contribution in [0.15, 0.2) is 108 Å². The van der Waals surface area contributed by atoms with Gasteiger partial charge in [-0.3, -0.25) is 9.59 Å². The lowest BCUT2D eigenvalue weighted by Crippen LogP contribution is -2.09. The Morgan fingerprint density at radius 2 is 1.06 bits per heavy atom. The van der Waals surface area contributed by atoms with Crippen molar-refractivity contribution in [2.24, 2.45) is 0 Å². The van der Waals surface area contributed by atoms with Crippen molar-refractivity contribution in [2.45, 2.75) is 0 Å². The molecule has 4 aromatic carbocycles. The summed E-state index contributed by atoms with van der Waals surface area (Å²) in [6.45, 7) is 0. The van der Waals surface area contributed by atoms with Gasteiger partial charge in [0.2, 0.25) is 0 Å². The highest BCUT2D eigenvalue weighted by Gasteiger charge is 2.16. The lowest BCUT2D eigenvalue weighted by Gasteiger charge is -2.04. The van der Waals surface area contributed by atoms with Crippen molar-refractivity contribution in [1.82, 2.24) is 0 Å². The predicted octanol–water partition coefficient (Wildman–Crippen LogP) is 6.03. The smallest absolute Gasteiger partial charge is 0.336 e. The Bertz CT molecular complexity index is 1430. The number of hydrogen-bond donors (Lipinski definition) is 1. The van der Waals surface area contributed by atoms with E-state index in [-0.39, 0.29) is 22.3 Å². The molecule has 0 aliphatic rings. The highest BCUT2D eigenvalue weighted by Crippen LogP contribution is 2.23. The number of rotatable bonds is 3. The van der Waals surface area contributed by atoms with Crippen molar-refractivity contribution in [3.05, 3.63) is 130 Å². The number of aromatic carboxylic acids is 1. The van der Waals surface area contributed by atoms with Crippen molar-refractivity contribution >= 4 is 43.3 Å². The zero-order valence-electron chi connectivity index (χ0n) is 16.9. The standard InChI is InChI=1S/C14H10O3.C13H8OS/c15-13(10-6-2-1-3-7-10)11-8-4-5-9-12(11)14(16)17;14-13-9-5-1-3-7-11(9)15-12-8-4-2-6-10(12)13/h1-9H,(H,16,17);1-8H. The number of carboxylic acid groups (broad SMARTS) is 1. The van der Waals surface area contributed by atoms with Crippen LogP contribution in [0.4, 0.5) is 0 Å². The molecule has 4 nitrogen and oxygen atoms in total. The molecule has 0 aliphatic carbocycles. The van der Waals surface area contributed by atoms with Crippen molar-refractivity contribution in [1.29, 1.82) is 0 Å². The van der Waals surface area contributed by atoms with Crippen LogP contribution in [-0.2, 0) is 0 Å². The molecule has 5 heteroatoms. The zero-order valence-corrected chi connectivity index (χ0v) is 17.7. The quantitative estimate of drug-likeness (QED) is 0.276.